The number of rotatable bonds is 1. The number of hydrogen-bond acceptors (Lipinski definition) is 2. The van der Waals surface area contributed by atoms with E-state index in [1.807, 2.05) is 24.4 Å². The summed E-state index contributed by atoms with van der Waals surface area (Å²) in [4.78, 5) is 11.6. The molecule has 1 aromatic carbocycles. The van der Waals surface area contributed by atoms with Crippen LogP contribution in [0.5, 0.6) is 0 Å². The topological polar surface area (TPSA) is 41.6 Å². The molecule has 3 rings (SSSR count). The molecule has 3 nitrogen and oxygen atoms in total. The van der Waals surface area contributed by atoms with Crippen molar-refractivity contribution in [3.05, 3.63) is 49.1 Å². The number of fused-ring (bicyclic) bond motifs is 1. The smallest absolute Gasteiger partial charge is 0.0927 e. The van der Waals surface area contributed by atoms with E-state index in [1.165, 1.54) is 0 Å². The van der Waals surface area contributed by atoms with Gasteiger partial charge in [0.25, 0.3) is 0 Å². The number of imidazole rings is 1. The highest BCUT2D eigenvalue weighted by molar-refractivity contribution is 5.92. The van der Waals surface area contributed by atoms with Gasteiger partial charge in [0, 0.05) is 23.3 Å². The third-order valence-electron chi connectivity index (χ3n) is 2.41. The lowest BCUT2D eigenvalue weighted by Gasteiger charge is -2.01. The maximum atomic E-state index is 4.38. The normalized spacial score (nSPS) is 10.7. The first-order valence-electron chi connectivity index (χ1n) is 4.78. The van der Waals surface area contributed by atoms with Gasteiger partial charge in [-0.05, 0) is 6.07 Å². The highest BCUT2D eigenvalue weighted by Gasteiger charge is 2.04. The van der Waals surface area contributed by atoms with E-state index in [2.05, 4.69) is 27.1 Å². The molecule has 2 aromatic heterocycles. The predicted molar refractivity (Wildman–Crippen MR) is 59.3 cm³/mol. The van der Waals surface area contributed by atoms with Crippen LogP contribution in [-0.2, 0) is 0 Å². The van der Waals surface area contributed by atoms with Crippen molar-refractivity contribution in [1.82, 2.24) is 15.0 Å². The maximum absolute atomic E-state index is 4.38. The number of aromatic nitrogens is 3. The van der Waals surface area contributed by atoms with E-state index in [-0.39, 0.29) is 0 Å². The lowest BCUT2D eigenvalue weighted by Crippen LogP contribution is -1.83. The standard InChI is InChI=1S/C12H9N3/c1-3-9-4-2-6-14-12(9)10(5-1)11-7-13-8-15-11/h1-8H,(H,13,15). The van der Waals surface area contributed by atoms with Crippen molar-refractivity contribution >= 4 is 10.9 Å². The van der Waals surface area contributed by atoms with E-state index in [0.29, 0.717) is 0 Å². The third-order valence-corrected chi connectivity index (χ3v) is 2.41. The molecule has 0 saturated carbocycles. The van der Waals surface area contributed by atoms with Crippen LogP contribution in [-0.4, -0.2) is 15.0 Å². The number of benzene rings is 1. The Hall–Kier alpha value is -2.16. The van der Waals surface area contributed by atoms with Crippen LogP contribution in [0.4, 0.5) is 0 Å². The molecule has 0 aliphatic rings. The first kappa shape index (κ1) is 8.17. The van der Waals surface area contributed by atoms with Gasteiger partial charge in [-0.15, -0.1) is 0 Å². The minimum absolute atomic E-state index is 0.930. The van der Waals surface area contributed by atoms with Crippen molar-refractivity contribution in [1.29, 1.82) is 0 Å². The summed E-state index contributed by atoms with van der Waals surface area (Å²) in [5.41, 5.74) is 2.99. The molecule has 0 radical (unpaired) electrons. The van der Waals surface area contributed by atoms with Crippen LogP contribution < -0.4 is 0 Å². The van der Waals surface area contributed by atoms with Crippen LogP contribution in [0.3, 0.4) is 0 Å². The molecular formula is C12H9N3. The van der Waals surface area contributed by atoms with Crippen molar-refractivity contribution in [2.75, 3.05) is 0 Å². The van der Waals surface area contributed by atoms with Crippen molar-refractivity contribution in [3.63, 3.8) is 0 Å². The van der Waals surface area contributed by atoms with Gasteiger partial charge in [0.05, 0.1) is 17.5 Å². The molecule has 2 heterocycles. The van der Waals surface area contributed by atoms with Crippen LogP contribution in [0.2, 0.25) is 0 Å². The Labute approximate surface area is 86.8 Å². The van der Waals surface area contributed by atoms with Gasteiger partial charge in [-0.2, -0.15) is 0 Å². The minimum Gasteiger partial charge on any atom is -0.351 e. The van der Waals surface area contributed by atoms with Crippen molar-refractivity contribution in [3.8, 4) is 11.3 Å². The fraction of sp³-hybridized carbons (Fsp3) is 0. The molecule has 0 saturated heterocycles. The molecular weight excluding hydrogens is 186 g/mol. The highest BCUT2D eigenvalue weighted by Crippen LogP contribution is 2.24. The Morgan fingerprint density at radius 3 is 2.80 bits per heavy atom. The van der Waals surface area contributed by atoms with E-state index in [4.69, 9.17) is 0 Å². The minimum atomic E-state index is 0.930. The molecule has 0 aliphatic heterocycles. The molecule has 0 aliphatic carbocycles. The second-order valence-corrected chi connectivity index (χ2v) is 3.34. The molecule has 3 aromatic rings. The van der Waals surface area contributed by atoms with Crippen LogP contribution in [0.15, 0.2) is 49.1 Å². The van der Waals surface area contributed by atoms with Gasteiger partial charge in [-0.3, -0.25) is 4.98 Å². The van der Waals surface area contributed by atoms with E-state index in [1.54, 1.807) is 12.5 Å². The van der Waals surface area contributed by atoms with Crippen LogP contribution in [0, 0.1) is 0 Å². The maximum Gasteiger partial charge on any atom is 0.0927 e. The van der Waals surface area contributed by atoms with Gasteiger partial charge in [-0.25, -0.2) is 4.98 Å². The molecule has 0 bridgehead atoms. The average Bonchev–Trinajstić information content (AvgIpc) is 2.82. The second kappa shape index (κ2) is 3.20. The van der Waals surface area contributed by atoms with Gasteiger partial charge in [0.1, 0.15) is 0 Å². The van der Waals surface area contributed by atoms with E-state index >= 15 is 0 Å². The zero-order chi connectivity index (χ0) is 10.1. The summed E-state index contributed by atoms with van der Waals surface area (Å²) in [6.45, 7) is 0. The van der Waals surface area contributed by atoms with E-state index < -0.39 is 0 Å². The van der Waals surface area contributed by atoms with Crippen molar-refractivity contribution < 1.29 is 0 Å². The summed E-state index contributed by atoms with van der Waals surface area (Å²) in [6.07, 6.45) is 5.36. The predicted octanol–water partition coefficient (Wildman–Crippen LogP) is 2.62. The average molecular weight is 195 g/mol. The largest absolute Gasteiger partial charge is 0.351 e. The first-order chi connectivity index (χ1) is 7.45. The van der Waals surface area contributed by atoms with E-state index in [9.17, 15) is 0 Å². The van der Waals surface area contributed by atoms with Crippen molar-refractivity contribution in [2.24, 2.45) is 0 Å². The van der Waals surface area contributed by atoms with Gasteiger partial charge in [0.2, 0.25) is 0 Å². The van der Waals surface area contributed by atoms with Gasteiger partial charge in [-0.1, -0.05) is 24.3 Å². The first-order valence-corrected chi connectivity index (χ1v) is 4.78. The number of aromatic amines is 1. The molecule has 1 N–H and O–H groups in total. The summed E-state index contributed by atoms with van der Waals surface area (Å²) in [5.74, 6) is 0. The number of hydrogen-bond donors (Lipinski definition) is 1. The quantitative estimate of drug-likeness (QED) is 0.648. The summed E-state index contributed by atoms with van der Waals surface area (Å²) in [7, 11) is 0. The number of para-hydroxylation sites is 1. The molecule has 0 fully saturated rings. The summed E-state index contributed by atoms with van der Waals surface area (Å²) in [6, 6.07) is 10.1. The number of H-pyrrole nitrogens is 1. The second-order valence-electron chi connectivity index (χ2n) is 3.34. The van der Waals surface area contributed by atoms with Gasteiger partial charge in [0.15, 0.2) is 0 Å². The SMILES string of the molecule is c1cnc2c(-c3c[nH]cn3)cccc2c1. The molecule has 15 heavy (non-hydrogen) atoms. The zero-order valence-electron chi connectivity index (χ0n) is 8.01. The van der Waals surface area contributed by atoms with Gasteiger partial charge < -0.3 is 4.98 Å². The Bertz CT molecular complexity index is 579. The Morgan fingerprint density at radius 1 is 1.00 bits per heavy atom. The van der Waals surface area contributed by atoms with Crippen LogP contribution in [0.1, 0.15) is 0 Å². The molecule has 0 atom stereocenters. The fourth-order valence-electron chi connectivity index (χ4n) is 1.72. The monoisotopic (exact) mass is 195 g/mol. The van der Waals surface area contributed by atoms with Crippen LogP contribution in [0.25, 0.3) is 22.2 Å². The number of pyridine rings is 1. The highest BCUT2D eigenvalue weighted by atomic mass is 14.9. The number of nitrogens with zero attached hydrogens (tertiary/aromatic N) is 2. The third kappa shape index (κ3) is 1.29. The Kier molecular flexibility index (Phi) is 1.75. The summed E-state index contributed by atoms with van der Waals surface area (Å²) < 4.78 is 0. The number of nitrogens with one attached hydrogen (secondary N) is 1. The molecule has 0 spiro atoms. The van der Waals surface area contributed by atoms with Crippen molar-refractivity contribution in [2.45, 2.75) is 0 Å². The molecule has 3 heteroatoms. The lowest BCUT2D eigenvalue weighted by atomic mass is 10.1. The fourth-order valence-corrected chi connectivity index (χ4v) is 1.72. The Balaban J connectivity index is 2.36. The van der Waals surface area contributed by atoms with Crippen LogP contribution >= 0.6 is 0 Å². The molecule has 0 amide bonds. The molecule has 0 unspecified atom stereocenters. The molecule has 72 valence electrons. The zero-order valence-corrected chi connectivity index (χ0v) is 8.01. The lowest BCUT2D eigenvalue weighted by molar-refractivity contribution is 1.31. The summed E-state index contributed by atoms with van der Waals surface area (Å²) in [5, 5.41) is 1.14. The summed E-state index contributed by atoms with van der Waals surface area (Å²) >= 11 is 0. The van der Waals surface area contributed by atoms with E-state index in [0.717, 1.165) is 22.2 Å². The Morgan fingerprint density at radius 2 is 1.93 bits per heavy atom. The van der Waals surface area contributed by atoms with Gasteiger partial charge >= 0.3 is 0 Å².